The van der Waals surface area contributed by atoms with Gasteiger partial charge in [-0.3, -0.25) is 4.98 Å². The third-order valence-corrected chi connectivity index (χ3v) is 2.59. The highest BCUT2D eigenvalue weighted by Gasteiger charge is 2.07. The van der Waals surface area contributed by atoms with E-state index < -0.39 is 0 Å². The number of nitrogens with zero attached hydrogens (tertiary/aromatic N) is 3. The van der Waals surface area contributed by atoms with Crippen LogP contribution >= 0.6 is 0 Å². The molecular formula is C14H18N4. The monoisotopic (exact) mass is 242 g/mol. The molecule has 2 aromatic rings. The lowest BCUT2D eigenvalue weighted by atomic mass is 10.1. The van der Waals surface area contributed by atoms with Gasteiger partial charge in [0.25, 0.3) is 0 Å². The zero-order valence-electron chi connectivity index (χ0n) is 11.0. The van der Waals surface area contributed by atoms with Crippen LogP contribution in [0.3, 0.4) is 0 Å². The molecule has 2 N–H and O–H groups in total. The summed E-state index contributed by atoms with van der Waals surface area (Å²) in [5.41, 5.74) is 8.69. The quantitative estimate of drug-likeness (QED) is 0.898. The van der Waals surface area contributed by atoms with Crippen LogP contribution in [0.1, 0.15) is 25.2 Å². The third kappa shape index (κ3) is 3.03. The highest BCUT2D eigenvalue weighted by atomic mass is 14.9. The maximum absolute atomic E-state index is 5.83. The number of pyridine rings is 1. The second-order valence-corrected chi connectivity index (χ2v) is 4.89. The molecule has 0 amide bonds. The number of hydrogen-bond acceptors (Lipinski definition) is 4. The highest BCUT2D eigenvalue weighted by Crippen LogP contribution is 2.17. The summed E-state index contributed by atoms with van der Waals surface area (Å²) in [5.74, 6) is 1.71. The summed E-state index contributed by atoms with van der Waals surface area (Å²) in [4.78, 5) is 13.1. The number of aromatic nitrogens is 3. The van der Waals surface area contributed by atoms with Crippen molar-refractivity contribution in [2.75, 3.05) is 5.73 Å². The van der Waals surface area contributed by atoms with Gasteiger partial charge in [-0.25, -0.2) is 9.97 Å². The van der Waals surface area contributed by atoms with E-state index in [1.807, 2.05) is 25.1 Å². The minimum atomic E-state index is 0.510. The van der Waals surface area contributed by atoms with E-state index in [2.05, 4.69) is 28.8 Å². The van der Waals surface area contributed by atoms with Gasteiger partial charge in [-0.05, 0) is 31.4 Å². The smallest absolute Gasteiger partial charge is 0.163 e. The van der Waals surface area contributed by atoms with Gasteiger partial charge in [-0.15, -0.1) is 0 Å². The predicted octanol–water partition coefficient (Wildman–Crippen LogP) is 2.63. The number of nitrogen functional groups attached to an aromatic ring is 1. The Morgan fingerprint density at radius 3 is 2.61 bits per heavy atom. The van der Waals surface area contributed by atoms with Gasteiger partial charge in [0.05, 0.1) is 0 Å². The largest absolute Gasteiger partial charge is 0.384 e. The minimum absolute atomic E-state index is 0.510. The van der Waals surface area contributed by atoms with Crippen LogP contribution in [0.25, 0.3) is 11.4 Å². The summed E-state index contributed by atoms with van der Waals surface area (Å²) in [6.45, 7) is 6.27. The van der Waals surface area contributed by atoms with Crippen molar-refractivity contribution in [1.29, 1.82) is 0 Å². The molecule has 0 aliphatic carbocycles. The van der Waals surface area contributed by atoms with E-state index in [4.69, 9.17) is 5.73 Å². The van der Waals surface area contributed by atoms with Gasteiger partial charge in [0.1, 0.15) is 5.82 Å². The summed E-state index contributed by atoms with van der Waals surface area (Å²) >= 11 is 0. The lowest BCUT2D eigenvalue weighted by Gasteiger charge is -2.07. The van der Waals surface area contributed by atoms with E-state index >= 15 is 0 Å². The molecule has 2 rings (SSSR count). The molecule has 18 heavy (non-hydrogen) atoms. The number of nitrogens with two attached hydrogens (primary N) is 1. The van der Waals surface area contributed by atoms with Gasteiger partial charge in [0.15, 0.2) is 5.82 Å². The van der Waals surface area contributed by atoms with E-state index in [1.54, 1.807) is 6.20 Å². The Hall–Kier alpha value is -1.97. The molecule has 0 saturated carbocycles. The van der Waals surface area contributed by atoms with Crippen molar-refractivity contribution >= 4 is 5.82 Å². The van der Waals surface area contributed by atoms with Crippen molar-refractivity contribution in [3.63, 3.8) is 0 Å². The van der Waals surface area contributed by atoms with Crippen LogP contribution in [-0.2, 0) is 6.42 Å². The first-order valence-corrected chi connectivity index (χ1v) is 6.11. The Morgan fingerprint density at radius 1 is 1.22 bits per heavy atom. The molecule has 0 aromatic carbocycles. The molecule has 4 nitrogen and oxygen atoms in total. The Labute approximate surface area is 107 Å². The van der Waals surface area contributed by atoms with Crippen LogP contribution in [0.15, 0.2) is 24.4 Å². The molecule has 4 heteroatoms. The number of hydrogen-bond donors (Lipinski definition) is 1. The molecule has 0 spiro atoms. The van der Waals surface area contributed by atoms with E-state index in [-0.39, 0.29) is 0 Å². The van der Waals surface area contributed by atoms with E-state index in [9.17, 15) is 0 Å². The van der Waals surface area contributed by atoms with Crippen LogP contribution in [0.5, 0.6) is 0 Å². The Kier molecular flexibility index (Phi) is 3.55. The average molecular weight is 242 g/mol. The fourth-order valence-electron chi connectivity index (χ4n) is 1.77. The second kappa shape index (κ2) is 5.12. The Morgan fingerprint density at radius 2 is 2.00 bits per heavy atom. The number of aryl methyl sites for hydroxylation is 1. The van der Waals surface area contributed by atoms with Crippen LogP contribution in [0.2, 0.25) is 0 Å². The Bertz CT molecular complexity index is 532. The van der Waals surface area contributed by atoms with Crippen molar-refractivity contribution in [1.82, 2.24) is 15.0 Å². The first kappa shape index (κ1) is 12.5. The van der Waals surface area contributed by atoms with Crippen molar-refractivity contribution in [3.8, 4) is 11.4 Å². The number of rotatable bonds is 3. The zero-order chi connectivity index (χ0) is 13.1. The lowest BCUT2D eigenvalue weighted by Crippen LogP contribution is -2.03. The van der Waals surface area contributed by atoms with Gasteiger partial charge >= 0.3 is 0 Å². The molecule has 94 valence electrons. The fraction of sp³-hybridized carbons (Fsp3) is 0.357. The fourth-order valence-corrected chi connectivity index (χ4v) is 1.77. The van der Waals surface area contributed by atoms with E-state index in [0.717, 1.165) is 23.4 Å². The summed E-state index contributed by atoms with van der Waals surface area (Å²) < 4.78 is 0. The van der Waals surface area contributed by atoms with Crippen molar-refractivity contribution in [2.24, 2.45) is 5.92 Å². The molecule has 2 heterocycles. The normalized spacial score (nSPS) is 10.9. The molecule has 0 bridgehead atoms. The molecule has 0 unspecified atom stereocenters. The Balaban J connectivity index is 2.38. The minimum Gasteiger partial charge on any atom is -0.384 e. The maximum Gasteiger partial charge on any atom is 0.163 e. The highest BCUT2D eigenvalue weighted by molar-refractivity contribution is 5.55. The molecule has 0 atom stereocenters. The molecule has 0 saturated heterocycles. The lowest BCUT2D eigenvalue weighted by molar-refractivity contribution is 0.635. The summed E-state index contributed by atoms with van der Waals surface area (Å²) in [5, 5.41) is 0. The van der Waals surface area contributed by atoms with Crippen LogP contribution in [0.4, 0.5) is 5.82 Å². The van der Waals surface area contributed by atoms with Gasteiger partial charge in [0, 0.05) is 29.2 Å². The van der Waals surface area contributed by atoms with E-state index in [1.165, 1.54) is 0 Å². The van der Waals surface area contributed by atoms with Crippen LogP contribution in [-0.4, -0.2) is 15.0 Å². The SMILES string of the molecule is Cc1ccc(-c2nc(N)cc(CC(C)C)n2)cn1. The van der Waals surface area contributed by atoms with Crippen LogP contribution in [0, 0.1) is 12.8 Å². The van der Waals surface area contributed by atoms with Gasteiger partial charge in [-0.2, -0.15) is 0 Å². The summed E-state index contributed by atoms with van der Waals surface area (Å²) in [7, 11) is 0. The van der Waals surface area contributed by atoms with Crippen molar-refractivity contribution in [2.45, 2.75) is 27.2 Å². The molecule has 0 radical (unpaired) electrons. The summed E-state index contributed by atoms with van der Waals surface area (Å²) in [6, 6.07) is 5.76. The van der Waals surface area contributed by atoms with Gasteiger partial charge in [0.2, 0.25) is 0 Å². The van der Waals surface area contributed by atoms with Crippen molar-refractivity contribution in [3.05, 3.63) is 35.8 Å². The molecular weight excluding hydrogens is 224 g/mol. The molecule has 2 aromatic heterocycles. The third-order valence-electron chi connectivity index (χ3n) is 2.59. The van der Waals surface area contributed by atoms with E-state index in [0.29, 0.717) is 17.6 Å². The van der Waals surface area contributed by atoms with Crippen molar-refractivity contribution < 1.29 is 0 Å². The first-order chi connectivity index (χ1) is 8.54. The van der Waals surface area contributed by atoms with Gasteiger partial charge in [-0.1, -0.05) is 13.8 Å². The van der Waals surface area contributed by atoms with Crippen LogP contribution < -0.4 is 5.73 Å². The first-order valence-electron chi connectivity index (χ1n) is 6.11. The summed E-state index contributed by atoms with van der Waals surface area (Å²) in [6.07, 6.45) is 2.68. The predicted molar refractivity (Wildman–Crippen MR) is 73.0 cm³/mol. The standard InChI is InChI=1S/C14H18N4/c1-9(2)6-12-7-13(15)18-14(17-12)11-5-4-10(3)16-8-11/h4-5,7-9H,6H2,1-3H3,(H2,15,17,18). The second-order valence-electron chi connectivity index (χ2n) is 4.89. The van der Waals surface area contributed by atoms with Gasteiger partial charge < -0.3 is 5.73 Å². The topological polar surface area (TPSA) is 64.7 Å². The number of anilines is 1. The molecule has 0 aliphatic rings. The zero-order valence-corrected chi connectivity index (χ0v) is 11.0. The maximum atomic E-state index is 5.83. The molecule has 0 aliphatic heterocycles. The average Bonchev–Trinajstić information content (AvgIpc) is 2.28. The molecule has 0 fully saturated rings.